The average Bonchev–Trinajstić information content (AvgIpc) is 2.26. The lowest BCUT2D eigenvalue weighted by Gasteiger charge is -2.24. The summed E-state index contributed by atoms with van der Waals surface area (Å²) in [6.45, 7) is 2.89. The topological polar surface area (TPSA) is 72.2 Å². The van der Waals surface area contributed by atoms with Crippen molar-refractivity contribution < 1.29 is 26.0 Å². The monoisotopic (exact) mass is 350 g/mol. The van der Waals surface area contributed by atoms with E-state index in [4.69, 9.17) is 5.73 Å². The predicted octanol–water partition coefficient (Wildman–Crippen LogP) is 2.28. The lowest BCUT2D eigenvalue weighted by Crippen LogP contribution is -2.48. The van der Waals surface area contributed by atoms with Gasteiger partial charge in [-0.25, -0.2) is 17.5 Å². The maximum absolute atomic E-state index is 13.1. The number of nitrogens with one attached hydrogen (secondary N) is 1. The van der Waals surface area contributed by atoms with Crippen LogP contribution < -0.4 is 10.5 Å². The van der Waals surface area contributed by atoms with Crippen molar-refractivity contribution in [1.29, 1.82) is 0 Å². The van der Waals surface area contributed by atoms with Crippen molar-refractivity contribution in [3.63, 3.8) is 0 Å². The zero-order chi connectivity index (χ0) is 15.8. The van der Waals surface area contributed by atoms with Crippen molar-refractivity contribution in [2.45, 2.75) is 30.5 Å². The van der Waals surface area contributed by atoms with Gasteiger partial charge in [-0.05, 0) is 32.0 Å². The molecule has 4 nitrogen and oxygen atoms in total. The van der Waals surface area contributed by atoms with Crippen molar-refractivity contribution in [2.24, 2.45) is 5.73 Å². The van der Waals surface area contributed by atoms with E-state index in [1.165, 1.54) is 13.8 Å². The van der Waals surface area contributed by atoms with Gasteiger partial charge in [0.25, 0.3) is 0 Å². The molecule has 0 heterocycles. The number of rotatable bonds is 4. The van der Waals surface area contributed by atoms with E-state index >= 15 is 0 Å². The fourth-order valence-corrected chi connectivity index (χ4v) is 2.80. The smallest absolute Gasteiger partial charge is 0.329 e. The Balaban J connectivity index is 0.00000400. The summed E-state index contributed by atoms with van der Waals surface area (Å²) in [5, 5.41) is 0. The first-order chi connectivity index (χ1) is 8.89. The third-order valence-corrected chi connectivity index (χ3v) is 4.17. The molecule has 0 amide bonds. The number of nitrogens with two attached hydrogens (primary N) is 1. The largest absolute Gasteiger partial charge is 0.419 e. The Labute approximate surface area is 126 Å². The van der Waals surface area contributed by atoms with Crippen molar-refractivity contribution in [3.05, 3.63) is 29.6 Å². The summed E-state index contributed by atoms with van der Waals surface area (Å²) in [5.74, 6) is -1.53. The molecule has 0 saturated carbocycles. The van der Waals surface area contributed by atoms with E-state index in [1.54, 1.807) is 0 Å². The Kier molecular flexibility index (Phi) is 6.19. The van der Waals surface area contributed by atoms with E-state index in [-0.39, 0.29) is 25.0 Å². The van der Waals surface area contributed by atoms with Gasteiger partial charge in [0.05, 0.1) is 10.5 Å². The van der Waals surface area contributed by atoms with Gasteiger partial charge in [0.2, 0.25) is 10.0 Å². The molecule has 21 heavy (non-hydrogen) atoms. The molecule has 1 aromatic rings. The molecule has 3 N–H and O–H groups in total. The Hall–Kier alpha value is -0.900. The van der Waals surface area contributed by atoms with Crippen LogP contribution in [-0.2, 0) is 16.2 Å². The van der Waals surface area contributed by atoms with Crippen LogP contribution in [0.3, 0.4) is 0 Å². The van der Waals surface area contributed by atoms with E-state index < -0.39 is 38.0 Å². The molecule has 0 spiro atoms. The van der Waals surface area contributed by atoms with E-state index in [1.807, 2.05) is 0 Å². The van der Waals surface area contributed by atoms with Gasteiger partial charge < -0.3 is 5.73 Å². The van der Waals surface area contributed by atoms with Crippen LogP contribution in [0, 0.1) is 5.82 Å². The molecule has 0 fully saturated rings. The molecule has 0 unspecified atom stereocenters. The summed E-state index contributed by atoms with van der Waals surface area (Å²) in [6.07, 6.45) is -4.97. The maximum atomic E-state index is 13.1. The summed E-state index contributed by atoms with van der Waals surface area (Å²) in [7, 11) is -4.23. The minimum absolute atomic E-state index is 0. The van der Waals surface area contributed by atoms with E-state index in [0.717, 1.165) is 6.07 Å². The van der Waals surface area contributed by atoms with Gasteiger partial charge in [0, 0.05) is 12.1 Å². The Morgan fingerprint density at radius 3 is 2.19 bits per heavy atom. The van der Waals surface area contributed by atoms with Gasteiger partial charge in [-0.2, -0.15) is 13.2 Å². The number of sulfonamides is 1. The standard InChI is InChI=1S/C11H14F4N2O2S.ClH/c1-10(2,6-16)17-20(18,19)7-3-4-9(12)8(5-7)11(13,14)15;/h3-5,17H,6,16H2,1-2H3;1H. The van der Waals surface area contributed by atoms with Crippen LogP contribution in [0.25, 0.3) is 0 Å². The highest BCUT2D eigenvalue weighted by Gasteiger charge is 2.36. The van der Waals surface area contributed by atoms with Crippen LogP contribution in [0.15, 0.2) is 23.1 Å². The fraction of sp³-hybridized carbons (Fsp3) is 0.455. The highest BCUT2D eigenvalue weighted by molar-refractivity contribution is 7.89. The molecule has 10 heteroatoms. The van der Waals surface area contributed by atoms with Crippen LogP contribution in [0.5, 0.6) is 0 Å². The van der Waals surface area contributed by atoms with Crippen LogP contribution in [0.2, 0.25) is 0 Å². The van der Waals surface area contributed by atoms with Gasteiger partial charge in [0.15, 0.2) is 0 Å². The second-order valence-electron chi connectivity index (χ2n) is 4.83. The Bertz CT molecular complexity index is 603. The molecule has 0 radical (unpaired) electrons. The van der Waals surface area contributed by atoms with Crippen molar-refractivity contribution in [1.82, 2.24) is 4.72 Å². The van der Waals surface area contributed by atoms with Crippen LogP contribution in [0.4, 0.5) is 17.6 Å². The molecular weight excluding hydrogens is 336 g/mol. The second kappa shape index (κ2) is 6.47. The fourth-order valence-electron chi connectivity index (χ4n) is 1.35. The minimum atomic E-state index is -4.97. The van der Waals surface area contributed by atoms with Gasteiger partial charge in [-0.15, -0.1) is 12.4 Å². The molecule has 0 saturated heterocycles. The molecule has 0 aliphatic carbocycles. The van der Waals surface area contributed by atoms with Crippen LogP contribution in [-0.4, -0.2) is 20.5 Å². The van der Waals surface area contributed by atoms with Crippen molar-refractivity contribution >= 4 is 22.4 Å². The number of benzene rings is 1. The maximum Gasteiger partial charge on any atom is 0.419 e. The normalized spacial score (nSPS) is 12.9. The van der Waals surface area contributed by atoms with E-state index in [2.05, 4.69) is 4.72 Å². The highest BCUT2D eigenvalue weighted by Crippen LogP contribution is 2.32. The number of hydrogen-bond donors (Lipinski definition) is 2. The molecule has 1 aromatic carbocycles. The third-order valence-electron chi connectivity index (χ3n) is 2.47. The first kappa shape index (κ1) is 20.1. The van der Waals surface area contributed by atoms with Gasteiger partial charge in [-0.1, -0.05) is 0 Å². The van der Waals surface area contributed by atoms with Crippen LogP contribution in [0.1, 0.15) is 19.4 Å². The molecule has 1 rings (SSSR count). The van der Waals surface area contributed by atoms with Gasteiger partial charge >= 0.3 is 6.18 Å². The van der Waals surface area contributed by atoms with E-state index in [0.29, 0.717) is 6.07 Å². The summed E-state index contributed by atoms with van der Waals surface area (Å²) in [6, 6.07) is 1.48. The Morgan fingerprint density at radius 1 is 1.24 bits per heavy atom. The first-order valence-corrected chi connectivity index (χ1v) is 6.98. The summed E-state index contributed by atoms with van der Waals surface area (Å²) >= 11 is 0. The van der Waals surface area contributed by atoms with Gasteiger partial charge in [-0.3, -0.25) is 0 Å². The predicted molar refractivity (Wildman–Crippen MR) is 72.1 cm³/mol. The summed E-state index contributed by atoms with van der Waals surface area (Å²) in [4.78, 5) is -0.673. The zero-order valence-electron chi connectivity index (χ0n) is 11.2. The van der Waals surface area contributed by atoms with E-state index in [9.17, 15) is 26.0 Å². The van der Waals surface area contributed by atoms with Crippen molar-refractivity contribution in [2.75, 3.05) is 6.54 Å². The lowest BCUT2D eigenvalue weighted by molar-refractivity contribution is -0.140. The molecule has 0 aliphatic rings. The zero-order valence-corrected chi connectivity index (χ0v) is 12.8. The third kappa shape index (κ3) is 5.10. The molecular formula is C11H15ClF4N2O2S. The molecule has 0 aromatic heterocycles. The summed E-state index contributed by atoms with van der Waals surface area (Å²) in [5.41, 5.74) is 2.68. The minimum Gasteiger partial charge on any atom is -0.329 e. The first-order valence-electron chi connectivity index (χ1n) is 5.50. The number of hydrogen-bond acceptors (Lipinski definition) is 3. The summed E-state index contributed by atoms with van der Waals surface area (Å²) < 4.78 is 76.8. The average molecular weight is 351 g/mol. The van der Waals surface area contributed by atoms with Crippen molar-refractivity contribution in [3.8, 4) is 0 Å². The van der Waals surface area contributed by atoms with Crippen LogP contribution >= 0.6 is 12.4 Å². The molecule has 122 valence electrons. The SMILES string of the molecule is CC(C)(CN)NS(=O)(=O)c1ccc(F)c(C(F)(F)F)c1.Cl. The highest BCUT2D eigenvalue weighted by atomic mass is 35.5. The molecule has 0 atom stereocenters. The second-order valence-corrected chi connectivity index (χ2v) is 6.52. The van der Waals surface area contributed by atoms with Gasteiger partial charge in [0.1, 0.15) is 5.82 Å². The molecule has 0 aliphatic heterocycles. The number of alkyl halides is 3. The number of halogens is 5. The Morgan fingerprint density at radius 2 is 1.76 bits per heavy atom. The molecule has 0 bridgehead atoms. The lowest BCUT2D eigenvalue weighted by atomic mass is 10.1. The quantitative estimate of drug-likeness (QED) is 0.818.